The summed E-state index contributed by atoms with van der Waals surface area (Å²) < 4.78 is 0. The van der Waals surface area contributed by atoms with E-state index >= 15 is 0 Å². The zero-order valence-electron chi connectivity index (χ0n) is 10.4. The Kier molecular flexibility index (Phi) is 3.78. The van der Waals surface area contributed by atoms with Crippen LogP contribution in [-0.2, 0) is 4.79 Å². The highest BCUT2D eigenvalue weighted by molar-refractivity contribution is 5.73. The van der Waals surface area contributed by atoms with E-state index in [1.807, 2.05) is 0 Å². The quantitative estimate of drug-likeness (QED) is 0.844. The Balaban J connectivity index is 2.01. The van der Waals surface area contributed by atoms with E-state index in [4.69, 9.17) is 5.26 Å². The third-order valence-corrected chi connectivity index (χ3v) is 3.16. The monoisotopic (exact) mass is 244 g/mol. The molecule has 0 aromatic carbocycles. The van der Waals surface area contributed by atoms with Crippen molar-refractivity contribution < 1.29 is 4.79 Å². The van der Waals surface area contributed by atoms with Crippen LogP contribution in [0.3, 0.4) is 0 Å². The largest absolute Gasteiger partial charge is 0.369 e. The number of pyridine rings is 1. The fourth-order valence-corrected chi connectivity index (χ4v) is 2.28. The van der Waals surface area contributed by atoms with Crippen LogP contribution < -0.4 is 10.2 Å². The summed E-state index contributed by atoms with van der Waals surface area (Å²) in [5.74, 6) is 0.0209. The van der Waals surface area contributed by atoms with Gasteiger partial charge in [0.05, 0.1) is 17.4 Å². The van der Waals surface area contributed by atoms with Gasteiger partial charge in [-0.25, -0.2) is 0 Å². The van der Waals surface area contributed by atoms with Gasteiger partial charge >= 0.3 is 0 Å². The molecule has 1 aromatic rings. The highest BCUT2D eigenvalue weighted by Crippen LogP contribution is 2.22. The van der Waals surface area contributed by atoms with Crippen LogP contribution in [0.2, 0.25) is 0 Å². The van der Waals surface area contributed by atoms with Crippen molar-refractivity contribution in [2.75, 3.05) is 18.0 Å². The van der Waals surface area contributed by atoms with Gasteiger partial charge < -0.3 is 10.2 Å². The SMILES string of the molecule is CC(=O)NC1CCN(c2cnccc2C#N)CC1. The lowest BCUT2D eigenvalue weighted by atomic mass is 10.0. The van der Waals surface area contributed by atoms with Gasteiger partial charge in [-0.3, -0.25) is 9.78 Å². The van der Waals surface area contributed by atoms with Crippen molar-refractivity contribution in [2.45, 2.75) is 25.8 Å². The van der Waals surface area contributed by atoms with Crippen LogP contribution >= 0.6 is 0 Å². The highest BCUT2D eigenvalue weighted by atomic mass is 16.1. The van der Waals surface area contributed by atoms with Crippen LogP contribution in [-0.4, -0.2) is 30.0 Å². The zero-order chi connectivity index (χ0) is 13.0. The van der Waals surface area contributed by atoms with E-state index in [0.29, 0.717) is 5.56 Å². The fraction of sp³-hybridized carbons (Fsp3) is 0.462. The van der Waals surface area contributed by atoms with E-state index < -0.39 is 0 Å². The van der Waals surface area contributed by atoms with Gasteiger partial charge in [-0.1, -0.05) is 0 Å². The number of carbonyl (C=O) groups excluding carboxylic acids is 1. The fourth-order valence-electron chi connectivity index (χ4n) is 2.28. The van der Waals surface area contributed by atoms with Gasteiger partial charge in [0, 0.05) is 32.3 Å². The number of carbonyl (C=O) groups is 1. The van der Waals surface area contributed by atoms with Crippen LogP contribution in [0.1, 0.15) is 25.3 Å². The third-order valence-electron chi connectivity index (χ3n) is 3.16. The second-order valence-electron chi connectivity index (χ2n) is 4.47. The van der Waals surface area contributed by atoms with E-state index in [1.165, 1.54) is 0 Å². The third kappa shape index (κ3) is 2.77. The first-order valence-electron chi connectivity index (χ1n) is 6.07. The molecule has 0 atom stereocenters. The first-order valence-corrected chi connectivity index (χ1v) is 6.07. The van der Waals surface area contributed by atoms with E-state index in [0.717, 1.165) is 31.6 Å². The van der Waals surface area contributed by atoms with E-state index in [2.05, 4.69) is 21.3 Å². The molecule has 94 valence electrons. The van der Waals surface area contributed by atoms with Gasteiger partial charge in [0.15, 0.2) is 0 Å². The molecular formula is C13H16N4O. The molecule has 1 amide bonds. The Morgan fingerprint density at radius 2 is 2.28 bits per heavy atom. The number of nitrogens with one attached hydrogen (secondary N) is 1. The van der Waals surface area contributed by atoms with E-state index in [1.54, 1.807) is 25.4 Å². The molecule has 0 saturated carbocycles. The summed E-state index contributed by atoms with van der Waals surface area (Å²) in [6.45, 7) is 3.22. The second kappa shape index (κ2) is 5.50. The average Bonchev–Trinajstić information content (AvgIpc) is 2.39. The molecule has 0 spiro atoms. The molecule has 2 rings (SSSR count). The number of nitriles is 1. The Morgan fingerprint density at radius 1 is 1.56 bits per heavy atom. The maximum Gasteiger partial charge on any atom is 0.217 e. The number of hydrogen-bond donors (Lipinski definition) is 1. The number of hydrogen-bond acceptors (Lipinski definition) is 4. The molecule has 1 fully saturated rings. The first kappa shape index (κ1) is 12.4. The maximum absolute atomic E-state index is 11.0. The molecule has 5 heteroatoms. The van der Waals surface area contributed by atoms with Crippen LogP contribution in [0.15, 0.2) is 18.5 Å². The standard InChI is InChI=1S/C13H16N4O/c1-10(18)16-12-3-6-17(7-4-12)13-9-15-5-2-11(13)8-14/h2,5,9,12H,3-4,6-7H2,1H3,(H,16,18). The molecule has 1 saturated heterocycles. The summed E-state index contributed by atoms with van der Waals surface area (Å²) in [5.41, 5.74) is 1.55. The molecule has 0 unspecified atom stereocenters. The first-order chi connectivity index (χ1) is 8.70. The second-order valence-corrected chi connectivity index (χ2v) is 4.47. The van der Waals surface area contributed by atoms with Crippen molar-refractivity contribution in [3.05, 3.63) is 24.0 Å². The van der Waals surface area contributed by atoms with Crippen LogP contribution in [0, 0.1) is 11.3 Å². The predicted octanol–water partition coefficient (Wildman–Crippen LogP) is 1.06. The minimum Gasteiger partial charge on any atom is -0.369 e. The lowest BCUT2D eigenvalue weighted by Gasteiger charge is -2.33. The molecule has 1 aliphatic rings. The summed E-state index contributed by atoms with van der Waals surface area (Å²) in [4.78, 5) is 17.2. The minimum atomic E-state index is 0.0209. The Morgan fingerprint density at radius 3 is 2.89 bits per heavy atom. The van der Waals surface area contributed by atoms with Crippen LogP contribution in [0.4, 0.5) is 5.69 Å². The lowest BCUT2D eigenvalue weighted by molar-refractivity contribution is -0.119. The molecule has 5 nitrogen and oxygen atoms in total. The molecule has 0 radical (unpaired) electrons. The average molecular weight is 244 g/mol. The van der Waals surface area contributed by atoms with Gasteiger partial charge in [0.25, 0.3) is 0 Å². The Labute approximate surface area is 106 Å². The van der Waals surface area contributed by atoms with Crippen molar-refractivity contribution in [1.82, 2.24) is 10.3 Å². The molecular weight excluding hydrogens is 228 g/mol. The minimum absolute atomic E-state index is 0.0209. The van der Waals surface area contributed by atoms with Gasteiger partial charge in [-0.15, -0.1) is 0 Å². The molecule has 1 aliphatic heterocycles. The molecule has 0 bridgehead atoms. The Hall–Kier alpha value is -2.09. The zero-order valence-corrected chi connectivity index (χ0v) is 10.4. The summed E-state index contributed by atoms with van der Waals surface area (Å²) in [6.07, 6.45) is 5.17. The van der Waals surface area contributed by atoms with Crippen LogP contribution in [0.25, 0.3) is 0 Å². The van der Waals surface area contributed by atoms with Crippen molar-refractivity contribution in [2.24, 2.45) is 0 Å². The van der Waals surface area contributed by atoms with E-state index in [-0.39, 0.29) is 11.9 Å². The van der Waals surface area contributed by atoms with Crippen molar-refractivity contribution in [3.63, 3.8) is 0 Å². The normalized spacial score (nSPS) is 16.1. The lowest BCUT2D eigenvalue weighted by Crippen LogP contribution is -2.44. The maximum atomic E-state index is 11.0. The van der Waals surface area contributed by atoms with Gasteiger partial charge in [0.1, 0.15) is 6.07 Å². The number of aromatic nitrogens is 1. The topological polar surface area (TPSA) is 69.0 Å². The summed E-state index contributed by atoms with van der Waals surface area (Å²) in [5, 5.41) is 12.0. The molecule has 0 aliphatic carbocycles. The molecule has 1 N–H and O–H groups in total. The van der Waals surface area contributed by atoms with Crippen molar-refractivity contribution in [3.8, 4) is 6.07 Å². The molecule has 2 heterocycles. The smallest absolute Gasteiger partial charge is 0.217 e. The van der Waals surface area contributed by atoms with Crippen molar-refractivity contribution in [1.29, 1.82) is 5.26 Å². The number of nitrogens with zero attached hydrogens (tertiary/aromatic N) is 3. The number of anilines is 1. The molecule has 18 heavy (non-hydrogen) atoms. The number of piperidine rings is 1. The summed E-state index contributed by atoms with van der Waals surface area (Å²) >= 11 is 0. The highest BCUT2D eigenvalue weighted by Gasteiger charge is 2.21. The van der Waals surface area contributed by atoms with E-state index in [9.17, 15) is 4.79 Å². The van der Waals surface area contributed by atoms with Gasteiger partial charge in [0.2, 0.25) is 5.91 Å². The van der Waals surface area contributed by atoms with Gasteiger partial charge in [-0.2, -0.15) is 5.26 Å². The summed E-state index contributed by atoms with van der Waals surface area (Å²) in [7, 11) is 0. The van der Waals surface area contributed by atoms with Gasteiger partial charge in [-0.05, 0) is 18.9 Å². The predicted molar refractivity (Wildman–Crippen MR) is 68.0 cm³/mol. The van der Waals surface area contributed by atoms with Crippen LogP contribution in [0.5, 0.6) is 0 Å². The Bertz CT molecular complexity index is 472. The number of amides is 1. The van der Waals surface area contributed by atoms with Crippen molar-refractivity contribution >= 4 is 11.6 Å². The number of rotatable bonds is 2. The molecule has 1 aromatic heterocycles. The summed E-state index contributed by atoms with van der Waals surface area (Å²) in [6, 6.07) is 4.17.